The minimum absolute atomic E-state index is 0.0136. The predicted octanol–water partition coefficient (Wildman–Crippen LogP) is 16.7. The van der Waals surface area contributed by atoms with Gasteiger partial charge in [0.05, 0.1) is 73.8 Å². The quantitative estimate of drug-likeness (QED) is 0.0272. The van der Waals surface area contributed by atoms with E-state index in [1.165, 1.54) is 22.3 Å². The van der Waals surface area contributed by atoms with Gasteiger partial charge in [-0.05, 0) is 148 Å². The van der Waals surface area contributed by atoms with E-state index in [-0.39, 0.29) is 52.1 Å². The summed E-state index contributed by atoms with van der Waals surface area (Å²) in [6.07, 6.45) is 4.14. The molecule has 3 aromatic heterocycles. The van der Waals surface area contributed by atoms with E-state index in [4.69, 9.17) is 67.5 Å². The Kier molecular flexibility index (Phi) is 33.4. The van der Waals surface area contributed by atoms with Crippen LogP contribution in [0.25, 0.3) is 51.2 Å². The maximum Gasteiger partial charge on any atom is 0.450 e. The summed E-state index contributed by atoms with van der Waals surface area (Å²) in [7, 11) is -9.49. The number of methoxy groups -OCH3 is 3. The third kappa shape index (κ3) is 27.8. The van der Waals surface area contributed by atoms with Crippen molar-refractivity contribution in [3.05, 3.63) is 269 Å². The van der Waals surface area contributed by atoms with Gasteiger partial charge in [-0.1, -0.05) is 163 Å². The molecule has 0 spiro atoms. The van der Waals surface area contributed by atoms with Crippen molar-refractivity contribution in [1.82, 2.24) is 44.3 Å². The van der Waals surface area contributed by atoms with E-state index in [9.17, 15) is 43.9 Å². The number of hydrogen-bond donors (Lipinski definition) is 5. The highest BCUT2D eigenvalue weighted by Crippen LogP contribution is 2.45. The number of anilines is 2. The van der Waals surface area contributed by atoms with Gasteiger partial charge in [-0.15, -0.1) is 30.6 Å². The van der Waals surface area contributed by atoms with Crippen molar-refractivity contribution in [2.24, 2.45) is 5.14 Å². The molecule has 37 heteroatoms. The third-order valence-electron chi connectivity index (χ3n) is 17.7. The van der Waals surface area contributed by atoms with Gasteiger partial charge in [-0.3, -0.25) is 23.1 Å². The number of benzene rings is 10. The zero-order valence-corrected chi connectivity index (χ0v) is 75.0. The Morgan fingerprint density at radius 1 is 0.374 bits per heavy atom. The Morgan fingerprint density at radius 3 is 0.943 bits per heavy atom. The van der Waals surface area contributed by atoms with Crippen LogP contribution in [0.2, 0.25) is 0 Å². The molecule has 3 heterocycles. The number of aromatic nitrogens is 9. The van der Waals surface area contributed by atoms with Gasteiger partial charge in [-0.2, -0.15) is 34.4 Å². The number of phenols is 2. The molecule has 0 radical (unpaired) electrons. The van der Waals surface area contributed by atoms with E-state index in [1.54, 1.807) is 85.5 Å². The molecule has 0 bridgehead atoms. The summed E-state index contributed by atoms with van der Waals surface area (Å²) in [5, 5.41) is 50.0. The number of ether oxygens (including phenoxy) is 7. The minimum atomic E-state index is -3.73. The highest BCUT2D eigenvalue weighted by atomic mass is 35.6. The Morgan fingerprint density at radius 2 is 0.650 bits per heavy atom. The fourth-order valence-electron chi connectivity index (χ4n) is 12.1. The number of sulfone groups is 1. The molecule has 648 valence electrons. The third-order valence-corrected chi connectivity index (χ3v) is 19.8. The number of primary sulfonamides is 1. The molecule has 13 aromatic rings. The summed E-state index contributed by atoms with van der Waals surface area (Å²) in [5.41, 5.74) is 9.84. The van der Waals surface area contributed by atoms with Gasteiger partial charge in [0, 0.05) is 24.5 Å². The maximum atomic E-state index is 12.8. The van der Waals surface area contributed by atoms with E-state index in [0.29, 0.717) is 118 Å². The second-order valence-electron chi connectivity index (χ2n) is 28.5. The molecular formula is C86H94BCl3N12O17S4. The molecule has 0 aliphatic heterocycles. The number of nitrogens with zero attached hydrogens (tertiary/aromatic N) is 9. The van der Waals surface area contributed by atoms with Crippen molar-refractivity contribution in [2.45, 2.75) is 90.9 Å². The van der Waals surface area contributed by atoms with Crippen molar-refractivity contribution in [3.63, 3.8) is 0 Å². The van der Waals surface area contributed by atoms with Crippen molar-refractivity contribution in [2.75, 3.05) is 55.8 Å². The molecule has 0 aliphatic rings. The smallest absolute Gasteiger partial charge is 0.450 e. The minimum Gasteiger partial charge on any atom is -0.508 e. The van der Waals surface area contributed by atoms with Gasteiger partial charge in [0.1, 0.15) is 78.2 Å². The molecule has 0 fully saturated rings. The van der Waals surface area contributed by atoms with Crippen LogP contribution in [-0.2, 0) is 66.3 Å². The second-order valence-corrected chi connectivity index (χ2v) is 37.5. The van der Waals surface area contributed by atoms with Crippen LogP contribution >= 0.6 is 34.4 Å². The van der Waals surface area contributed by atoms with Crippen molar-refractivity contribution < 1.29 is 77.0 Å². The first-order chi connectivity index (χ1) is 58.3. The van der Waals surface area contributed by atoms with Crippen molar-refractivity contribution >= 4 is 91.1 Å². The van der Waals surface area contributed by atoms with Crippen LogP contribution in [0.3, 0.4) is 0 Å². The zero-order valence-electron chi connectivity index (χ0n) is 69.5. The fraction of sp³-hybridized carbons (Fsp3) is 0.233. The first kappa shape index (κ1) is 95.0. The van der Waals surface area contributed by atoms with Gasteiger partial charge in [-0.25, -0.2) is 38.8 Å². The fourth-order valence-corrected chi connectivity index (χ4v) is 13.7. The van der Waals surface area contributed by atoms with Gasteiger partial charge >= 0.3 is 4.96 Å². The molecule has 0 amide bonds. The topological polar surface area (TPSA) is 384 Å². The van der Waals surface area contributed by atoms with Crippen molar-refractivity contribution in [3.8, 4) is 103 Å². The van der Waals surface area contributed by atoms with E-state index in [2.05, 4.69) is 72.9 Å². The van der Waals surface area contributed by atoms with Crippen LogP contribution in [0.4, 0.5) is 11.9 Å². The summed E-state index contributed by atoms with van der Waals surface area (Å²) in [4.78, 5) is -0.750. The molecule has 0 unspecified atom stereocenters. The van der Waals surface area contributed by atoms with Crippen LogP contribution in [0, 0.1) is 0 Å². The molecule has 29 nitrogen and oxygen atoms in total. The lowest BCUT2D eigenvalue weighted by molar-refractivity contribution is 0.287. The standard InChI is InChI=1S/C33H34N4O5S.C33H33N3O5S.C19H22N4O5S.CH5NO2S.BCl3/c1-23(2)28-19-29(32-34-35-33(36-43(4,38)39)37(32)26-15-17-27(40-3)18-16-26)31(42-22-25-13-9-6-10-14-25)20-30(28)41-21-24-11-7-5-8-12-24;1-23(2)28-19-29(32-34-35-33(42(4,37)38)36(32)26-15-17-27(39-3)18-16-26)31(41-22-25-13-9-6-10-14-25)20-30(28)40-21-24-11-7-5-8-12-24;1-11(2)14-9-15(17(25)10-16(14)24)18-20-21-19(22-29(4,26)27)23(18)12-5-7-13(28-3)8-6-12;1-5(2,3)4;2-1(3)4/h5-20,23H,21-22H2,1-4H3,(H,35,36);5-20,23H,21-22H2,1-4H3;5-11,24-25H,1-4H3,(H,21,22);1H3,(H2,2,3,4);. The molecule has 0 saturated carbocycles. The van der Waals surface area contributed by atoms with E-state index in [1.807, 2.05) is 172 Å². The van der Waals surface area contributed by atoms with Crippen LogP contribution in [0.15, 0.2) is 236 Å². The van der Waals surface area contributed by atoms with E-state index >= 15 is 0 Å². The lowest BCUT2D eigenvalue weighted by Gasteiger charge is -2.20. The molecular weight excluding hydrogens is 1720 g/mol. The van der Waals surface area contributed by atoms with Crippen LogP contribution < -0.4 is 47.7 Å². The highest BCUT2D eigenvalue weighted by molar-refractivity contribution is 7.92. The second kappa shape index (κ2) is 43.2. The predicted molar refractivity (Wildman–Crippen MR) is 481 cm³/mol. The van der Waals surface area contributed by atoms with Crippen molar-refractivity contribution in [1.29, 1.82) is 0 Å². The number of sulfonamides is 3. The summed E-state index contributed by atoms with van der Waals surface area (Å²) >= 11 is 14.4. The zero-order chi connectivity index (χ0) is 89.5. The largest absolute Gasteiger partial charge is 0.508 e. The van der Waals surface area contributed by atoms with Gasteiger partial charge in [0.25, 0.3) is 5.16 Å². The molecule has 0 atom stereocenters. The normalized spacial score (nSPS) is 11.3. The van der Waals surface area contributed by atoms with Crippen LogP contribution in [0.5, 0.6) is 51.7 Å². The molecule has 0 saturated heterocycles. The Balaban J connectivity index is 0.000000202. The number of nitrogens with one attached hydrogen (secondary N) is 2. The number of rotatable bonds is 29. The first-order valence-corrected chi connectivity index (χ1v) is 46.7. The van der Waals surface area contributed by atoms with Crippen LogP contribution in [-0.4, -0.2) is 139 Å². The Labute approximate surface area is 731 Å². The van der Waals surface area contributed by atoms with Gasteiger partial charge in [0.15, 0.2) is 17.5 Å². The Bertz CT molecular complexity index is 6140. The number of hydrogen-bond acceptors (Lipinski definition) is 23. The SMILES string of the molecule is COc1ccc(-n2c(-c3cc(C(C)C)c(OCc4ccccc4)cc3OCc3ccccc3)nnc2S(C)(=O)=O)cc1.COc1ccc(-n2c(NS(C)(=O)=O)nnc2-c2cc(C(C)C)c(O)cc2O)cc1.COc1ccc(-n2c(NS(C)(=O)=O)nnc2-c2cc(C(C)C)c(OCc3ccccc3)cc2OCc2ccccc2)cc1.CS(N)(=O)=O.ClB(Cl)Cl. The van der Waals surface area contributed by atoms with Gasteiger partial charge < -0.3 is 43.4 Å². The summed E-state index contributed by atoms with van der Waals surface area (Å²) in [5.74, 6) is 5.18. The average Bonchev–Trinajstić information content (AvgIpc) is 1.62. The molecule has 123 heavy (non-hydrogen) atoms. The Hall–Kier alpha value is -11.9. The lowest BCUT2D eigenvalue weighted by atomic mass is 9.98. The molecule has 0 aliphatic carbocycles. The van der Waals surface area contributed by atoms with Gasteiger partial charge in [0.2, 0.25) is 51.8 Å². The number of aromatic hydroxyl groups is 2. The average molecular weight is 1810 g/mol. The lowest BCUT2D eigenvalue weighted by Crippen LogP contribution is -2.14. The summed E-state index contributed by atoms with van der Waals surface area (Å²) in [6, 6.07) is 71.2. The first-order valence-electron chi connectivity index (χ1n) is 37.7. The molecule has 13 rings (SSSR count). The molecule has 6 N–H and O–H groups in total. The summed E-state index contributed by atoms with van der Waals surface area (Å²) in [6.45, 7) is 13.5. The molecule has 10 aromatic carbocycles. The highest BCUT2D eigenvalue weighted by Gasteiger charge is 2.30. The maximum absolute atomic E-state index is 12.8. The van der Waals surface area contributed by atoms with E-state index in [0.717, 1.165) is 58.4 Å². The number of nitrogens with two attached hydrogens (primary N) is 1. The monoisotopic (exact) mass is 1810 g/mol. The van der Waals surface area contributed by atoms with Crippen LogP contribution in [0.1, 0.15) is 98.2 Å². The number of phenolic OH excluding ortho intramolecular Hbond substituents is 2. The summed E-state index contributed by atoms with van der Waals surface area (Å²) < 4.78 is 143. The van der Waals surface area contributed by atoms with E-state index < -0.39 is 44.9 Å². The number of halogens is 3.